The molecule has 16 nitrogen and oxygen atoms in total. The van der Waals surface area contributed by atoms with Crippen molar-refractivity contribution in [2.75, 3.05) is 56.7 Å². The van der Waals surface area contributed by atoms with E-state index in [1.165, 1.54) is 38.6 Å². The lowest BCUT2D eigenvalue weighted by atomic mass is 9.78. The molecule has 332 valence electrons. The first kappa shape index (κ1) is 45.7. The van der Waals surface area contributed by atoms with Crippen LogP contribution in [0.5, 0.6) is 17.2 Å². The molecular weight excluding hydrogens is 809 g/mol. The summed E-state index contributed by atoms with van der Waals surface area (Å²) < 4.78 is 24.3. The Kier molecular flexibility index (Phi) is 13.7. The maximum atomic E-state index is 14.7. The second kappa shape index (κ2) is 18.3. The molecule has 1 fully saturated rings. The summed E-state index contributed by atoms with van der Waals surface area (Å²) in [5.74, 6) is -6.95. The Morgan fingerprint density at radius 3 is 2.33 bits per heavy atom. The predicted octanol–water partition coefficient (Wildman–Crippen LogP) is 4.77. The molecule has 3 aliphatic heterocycles. The molecule has 4 bridgehead atoms. The fraction of sp³-hybridized carbons (Fsp3) is 0.545. The van der Waals surface area contributed by atoms with Crippen LogP contribution in [-0.2, 0) is 23.8 Å². The fourth-order valence-electron chi connectivity index (χ4n) is 8.55. The number of methoxy groups -OCH3 is 1. The number of ether oxygens (including phenoxy) is 4. The number of thiazole rings is 1. The number of rotatable bonds is 5. The Balaban J connectivity index is 1.53. The van der Waals surface area contributed by atoms with Crippen molar-refractivity contribution >= 4 is 60.8 Å². The third-order valence-corrected chi connectivity index (χ3v) is 13.5. The van der Waals surface area contributed by atoms with Crippen molar-refractivity contribution in [2.45, 2.75) is 85.6 Å². The van der Waals surface area contributed by atoms with E-state index < -0.39 is 77.3 Å². The van der Waals surface area contributed by atoms with E-state index in [0.29, 0.717) is 42.6 Å². The average Bonchev–Trinajstić information content (AvgIpc) is 3.79. The molecule has 9 atom stereocenters. The molecule has 0 aliphatic carbocycles. The molecule has 3 aromatic rings. The minimum atomic E-state index is -1.97. The summed E-state index contributed by atoms with van der Waals surface area (Å²) in [6, 6.07) is 0. The number of amides is 1. The molecule has 1 amide bonds. The van der Waals surface area contributed by atoms with Crippen LogP contribution >= 0.6 is 11.3 Å². The van der Waals surface area contributed by atoms with Crippen LogP contribution in [-0.4, -0.2) is 130 Å². The molecule has 6 N–H and O–H groups in total. The molecule has 1 aromatic heterocycles. The van der Waals surface area contributed by atoms with E-state index >= 15 is 0 Å². The van der Waals surface area contributed by atoms with Crippen LogP contribution in [0.1, 0.15) is 64.4 Å². The first-order chi connectivity index (χ1) is 28.8. The van der Waals surface area contributed by atoms with Crippen molar-refractivity contribution < 1.29 is 58.9 Å². The van der Waals surface area contributed by atoms with Gasteiger partial charge < -0.3 is 54.7 Å². The van der Waals surface area contributed by atoms with Crippen molar-refractivity contribution in [3.63, 3.8) is 0 Å². The highest BCUT2D eigenvalue weighted by Gasteiger charge is 2.50. The first-order valence-electron chi connectivity index (χ1n) is 20.6. The summed E-state index contributed by atoms with van der Waals surface area (Å²) in [7, 11) is 1.46. The normalized spacial score (nSPS) is 30.9. The van der Waals surface area contributed by atoms with Gasteiger partial charge in [-0.3, -0.25) is 19.3 Å². The zero-order chi connectivity index (χ0) is 44.7. The number of hydrogen-bond donors (Lipinski definition) is 6. The van der Waals surface area contributed by atoms with E-state index in [1.807, 2.05) is 0 Å². The number of ketones is 1. The van der Waals surface area contributed by atoms with Crippen molar-refractivity contribution in [3.8, 4) is 17.2 Å². The number of piperazine rings is 1. The zero-order valence-corrected chi connectivity index (χ0v) is 36.9. The lowest BCUT2D eigenvalue weighted by Gasteiger charge is -2.38. The largest absolute Gasteiger partial charge is 0.507 e. The highest BCUT2D eigenvalue weighted by Crippen LogP contribution is 2.55. The van der Waals surface area contributed by atoms with E-state index in [9.17, 15) is 39.9 Å². The van der Waals surface area contributed by atoms with Crippen LogP contribution in [0.25, 0.3) is 21.0 Å². The highest BCUT2D eigenvalue weighted by molar-refractivity contribution is 7.23. The van der Waals surface area contributed by atoms with Gasteiger partial charge in [0.1, 0.15) is 23.3 Å². The Morgan fingerprint density at radius 1 is 1.00 bits per heavy atom. The molecule has 0 spiro atoms. The van der Waals surface area contributed by atoms with Gasteiger partial charge in [-0.15, -0.1) is 0 Å². The molecule has 2 aromatic carbocycles. The first-order valence-corrected chi connectivity index (χ1v) is 21.4. The maximum absolute atomic E-state index is 14.7. The number of aliphatic hydroxyl groups is 3. The van der Waals surface area contributed by atoms with Crippen LogP contribution in [0, 0.1) is 30.6 Å². The van der Waals surface area contributed by atoms with Crippen LogP contribution < -0.4 is 15.0 Å². The lowest BCUT2D eigenvalue weighted by Crippen LogP contribution is -2.47. The number of phenolic OH excluding ortho intramolecular Hbond substituents is 2. The van der Waals surface area contributed by atoms with Crippen molar-refractivity contribution in [3.05, 3.63) is 47.3 Å². The number of Topliss-reactive ketones (excluding diaryl/α,β-unsaturated/α-hetero) is 1. The third-order valence-electron chi connectivity index (χ3n) is 12.4. The van der Waals surface area contributed by atoms with E-state index in [1.54, 1.807) is 65.8 Å². The monoisotopic (exact) mass is 866 g/mol. The number of β-amino-alcohol motifs (C(OH)–C–C–N with tert-alkyl or cyclic N) is 1. The van der Waals surface area contributed by atoms with Crippen LogP contribution in [0.2, 0.25) is 0 Å². The smallest absolute Gasteiger partial charge is 0.312 e. The second-order valence-electron chi connectivity index (χ2n) is 16.6. The van der Waals surface area contributed by atoms with Gasteiger partial charge in [0.05, 0.1) is 52.3 Å². The van der Waals surface area contributed by atoms with Crippen LogP contribution in [0.3, 0.4) is 0 Å². The van der Waals surface area contributed by atoms with Gasteiger partial charge in [-0.05, 0) is 19.9 Å². The van der Waals surface area contributed by atoms with Gasteiger partial charge in [0.25, 0.3) is 11.7 Å². The SMILES string of the molecule is CO[C@H]1C=CO[C@@]2(C)Oc3c(C)c(O)c4c(O)c(c5sc(N6CCN(CCO)CC6)nc5c4c3C2=O)NC(=O)/C(C)=C\C=C/[C@H](C)[C@H](O)[C@@H](C)[C@@H](O)[C@@H](C)[C@H](OC(C)=O)[C@@H]1C. The van der Waals surface area contributed by atoms with Gasteiger partial charge >= 0.3 is 11.8 Å². The molecule has 17 heteroatoms. The third kappa shape index (κ3) is 8.68. The standard InChI is InChI=1S/C44H58N4O12S/c1-21-11-10-12-22(2)42(56)45-33-37(54)30-29(32-40(33)61-43(46-32)48-16-14-47(15-17-48)18-19-49)31-39(26(6)36(30)53)60-44(8,41(31)55)58-20-13-28(57-9)23(3)38(59-27(7)50)25(5)35(52)24(4)34(21)51/h10-13,20-21,23-25,28,34-35,38,49,51-54H,14-19H2,1-9H3,(H,45,56)/b11-10-,20-13?,22-12-/t21-,23+,24+,25+,28-,34-,35+,38+,44-/m0/s1. The summed E-state index contributed by atoms with van der Waals surface area (Å²) in [6.45, 7) is 15.9. The summed E-state index contributed by atoms with van der Waals surface area (Å²) >= 11 is 1.21. The quantitative estimate of drug-likeness (QED) is 0.150. The Labute approximate surface area is 359 Å². The number of benzene rings is 2. The zero-order valence-electron chi connectivity index (χ0n) is 36.1. The second-order valence-corrected chi connectivity index (χ2v) is 17.6. The number of carbonyl (C=O) groups is 3. The van der Waals surface area contributed by atoms with Crippen LogP contribution in [0.4, 0.5) is 10.8 Å². The summed E-state index contributed by atoms with van der Waals surface area (Å²) in [4.78, 5) is 50.1. The van der Waals surface area contributed by atoms with Crippen molar-refractivity contribution in [1.29, 1.82) is 0 Å². The number of nitrogens with zero attached hydrogens (tertiary/aromatic N) is 3. The summed E-state index contributed by atoms with van der Waals surface area (Å²) in [5.41, 5.74) is 0.665. The number of aliphatic hydroxyl groups excluding tert-OH is 3. The Bertz CT molecular complexity index is 2270. The van der Waals surface area contributed by atoms with E-state index in [-0.39, 0.29) is 56.8 Å². The molecule has 0 radical (unpaired) electrons. The minimum Gasteiger partial charge on any atom is -0.507 e. The molecule has 1 saturated heterocycles. The van der Waals surface area contributed by atoms with E-state index in [2.05, 4.69) is 15.1 Å². The van der Waals surface area contributed by atoms with Gasteiger partial charge in [-0.2, -0.15) is 0 Å². The Morgan fingerprint density at radius 2 is 1.69 bits per heavy atom. The Hall–Kier alpha value is -4.78. The fourth-order valence-corrected chi connectivity index (χ4v) is 9.68. The number of nitrogens with one attached hydrogen (secondary N) is 1. The molecule has 6 rings (SSSR count). The van der Waals surface area contributed by atoms with Gasteiger partial charge in [-0.1, -0.05) is 57.3 Å². The van der Waals surface area contributed by atoms with Gasteiger partial charge in [-0.25, -0.2) is 4.98 Å². The molecule has 61 heavy (non-hydrogen) atoms. The van der Waals surface area contributed by atoms with Crippen molar-refractivity contribution in [2.24, 2.45) is 23.7 Å². The predicted molar refractivity (Wildman–Crippen MR) is 231 cm³/mol. The summed E-state index contributed by atoms with van der Waals surface area (Å²) in [5, 5.41) is 59.7. The molecule has 3 aliphatic rings. The van der Waals surface area contributed by atoms with Gasteiger partial charge in [0.15, 0.2) is 10.9 Å². The maximum Gasteiger partial charge on any atom is 0.312 e. The number of anilines is 2. The lowest BCUT2D eigenvalue weighted by molar-refractivity contribution is -0.160. The minimum absolute atomic E-state index is 0.00295. The number of esters is 1. The van der Waals surface area contributed by atoms with Gasteiger partial charge in [0.2, 0.25) is 0 Å². The van der Waals surface area contributed by atoms with Crippen molar-refractivity contribution in [1.82, 2.24) is 9.88 Å². The average molecular weight is 867 g/mol. The number of allylic oxidation sites excluding steroid dienone is 2. The van der Waals surface area contributed by atoms with Gasteiger partial charge in [0, 0.05) is 93.9 Å². The topological polar surface area (TPSA) is 221 Å². The highest BCUT2D eigenvalue weighted by atomic mass is 32.1. The number of carbonyl (C=O) groups excluding carboxylic acids is 3. The van der Waals surface area contributed by atoms with Crippen LogP contribution in [0.15, 0.2) is 36.1 Å². The van der Waals surface area contributed by atoms with E-state index in [4.69, 9.17) is 23.9 Å². The molecule has 4 heterocycles. The number of aromatic hydroxyl groups is 2. The number of hydrogen-bond acceptors (Lipinski definition) is 16. The number of aromatic nitrogens is 1. The van der Waals surface area contributed by atoms with E-state index in [0.717, 1.165) is 0 Å². The number of phenols is 2. The molecule has 0 saturated carbocycles. The number of fused-ring (bicyclic) bond motifs is 1. The molecular formula is C44H58N4O12S. The summed E-state index contributed by atoms with van der Waals surface area (Å²) in [6.07, 6.45) is 3.89. The molecule has 0 unspecified atom stereocenters.